The van der Waals surface area contributed by atoms with E-state index in [0.29, 0.717) is 16.2 Å². The number of hydrogen-bond donors (Lipinski definition) is 0. The number of pyridine rings is 1. The van der Waals surface area contributed by atoms with Crippen LogP contribution in [0.25, 0.3) is 0 Å². The summed E-state index contributed by atoms with van der Waals surface area (Å²) in [6, 6.07) is 5.86. The average Bonchev–Trinajstić information content (AvgIpc) is 2.41. The summed E-state index contributed by atoms with van der Waals surface area (Å²) in [4.78, 5) is 14.6. The van der Waals surface area contributed by atoms with Gasteiger partial charge in [0.15, 0.2) is 0 Å². The largest absolute Gasteiger partial charge is 0.350 e. The second-order valence-electron chi connectivity index (χ2n) is 3.64. The van der Waals surface area contributed by atoms with Crippen molar-refractivity contribution in [3.05, 3.63) is 46.0 Å². The summed E-state index contributed by atoms with van der Waals surface area (Å²) >= 11 is 9.39. The zero-order valence-corrected chi connectivity index (χ0v) is 12.2. The van der Waals surface area contributed by atoms with Crippen LogP contribution in [0, 0.1) is 0 Å². The molecule has 0 saturated heterocycles. The lowest BCUT2D eigenvalue weighted by Crippen LogP contribution is -2.24. The monoisotopic (exact) mass is 326 g/mol. The second kappa shape index (κ2) is 6.11. The van der Waals surface area contributed by atoms with Crippen molar-refractivity contribution in [3.8, 4) is 0 Å². The highest BCUT2D eigenvalue weighted by Crippen LogP contribution is 2.29. The van der Waals surface area contributed by atoms with Crippen LogP contribution >= 0.6 is 27.5 Å². The summed E-state index contributed by atoms with van der Waals surface area (Å²) in [5.41, 5.74) is 0.987. The molecule has 2 rings (SSSR count). The summed E-state index contributed by atoms with van der Waals surface area (Å²) in [5.74, 6) is 0.781. The van der Waals surface area contributed by atoms with Crippen molar-refractivity contribution in [3.63, 3.8) is 0 Å². The van der Waals surface area contributed by atoms with Gasteiger partial charge in [0.2, 0.25) is 0 Å². The van der Waals surface area contributed by atoms with Gasteiger partial charge < -0.3 is 4.90 Å². The van der Waals surface area contributed by atoms with Gasteiger partial charge in [0.1, 0.15) is 17.3 Å². The van der Waals surface area contributed by atoms with Crippen LogP contribution in [0.4, 0.5) is 5.82 Å². The smallest absolute Gasteiger partial charge is 0.148 e. The molecule has 4 nitrogen and oxygen atoms in total. The molecule has 2 aromatic rings. The van der Waals surface area contributed by atoms with Crippen molar-refractivity contribution >= 4 is 33.3 Å². The SMILES string of the molecule is CCN(Cc1ccccn1)c1ncnc(Cl)c1Br. The van der Waals surface area contributed by atoms with Crippen LogP contribution < -0.4 is 4.90 Å². The molecule has 2 aromatic heterocycles. The third-order valence-electron chi connectivity index (χ3n) is 2.49. The molecular weight excluding hydrogens is 316 g/mol. The van der Waals surface area contributed by atoms with Crippen LogP contribution in [0.5, 0.6) is 0 Å². The minimum absolute atomic E-state index is 0.416. The lowest BCUT2D eigenvalue weighted by molar-refractivity contribution is 0.788. The van der Waals surface area contributed by atoms with Crippen molar-refractivity contribution in [1.29, 1.82) is 0 Å². The van der Waals surface area contributed by atoms with E-state index in [1.165, 1.54) is 6.33 Å². The number of rotatable bonds is 4. The molecule has 0 unspecified atom stereocenters. The van der Waals surface area contributed by atoms with E-state index in [0.717, 1.165) is 18.1 Å². The molecule has 0 aliphatic rings. The minimum Gasteiger partial charge on any atom is -0.350 e. The van der Waals surface area contributed by atoms with Gasteiger partial charge in [-0.2, -0.15) is 0 Å². The van der Waals surface area contributed by atoms with Gasteiger partial charge in [-0.3, -0.25) is 4.98 Å². The zero-order chi connectivity index (χ0) is 13.0. The molecule has 18 heavy (non-hydrogen) atoms. The van der Waals surface area contributed by atoms with Crippen LogP contribution in [0.15, 0.2) is 35.2 Å². The van der Waals surface area contributed by atoms with Gasteiger partial charge in [0, 0.05) is 12.7 Å². The highest BCUT2D eigenvalue weighted by Gasteiger charge is 2.13. The van der Waals surface area contributed by atoms with Crippen LogP contribution in [0.2, 0.25) is 5.15 Å². The number of anilines is 1. The minimum atomic E-state index is 0.416. The quantitative estimate of drug-likeness (QED) is 0.808. The van der Waals surface area contributed by atoms with E-state index in [1.54, 1.807) is 6.20 Å². The molecule has 0 aromatic carbocycles. The van der Waals surface area contributed by atoms with E-state index >= 15 is 0 Å². The summed E-state index contributed by atoms with van der Waals surface area (Å²) in [7, 11) is 0. The van der Waals surface area contributed by atoms with E-state index in [9.17, 15) is 0 Å². The first-order chi connectivity index (χ1) is 8.72. The van der Waals surface area contributed by atoms with Crippen LogP contribution in [-0.2, 0) is 6.54 Å². The molecule has 0 aliphatic carbocycles. The molecule has 0 bridgehead atoms. The molecule has 0 aliphatic heterocycles. The van der Waals surface area contributed by atoms with Crippen molar-refractivity contribution < 1.29 is 0 Å². The lowest BCUT2D eigenvalue weighted by atomic mass is 10.3. The molecule has 0 saturated carbocycles. The van der Waals surface area contributed by atoms with Gasteiger partial charge in [-0.15, -0.1) is 0 Å². The Hall–Kier alpha value is -1.20. The highest BCUT2D eigenvalue weighted by atomic mass is 79.9. The van der Waals surface area contributed by atoms with Crippen molar-refractivity contribution in [2.45, 2.75) is 13.5 Å². The van der Waals surface area contributed by atoms with Gasteiger partial charge in [0.05, 0.1) is 16.7 Å². The van der Waals surface area contributed by atoms with Crippen LogP contribution in [-0.4, -0.2) is 21.5 Å². The molecule has 6 heteroatoms. The maximum Gasteiger partial charge on any atom is 0.148 e. The van der Waals surface area contributed by atoms with Crippen molar-refractivity contribution in [2.24, 2.45) is 0 Å². The Morgan fingerprint density at radius 2 is 2.11 bits per heavy atom. The van der Waals surface area contributed by atoms with E-state index in [2.05, 4.69) is 42.7 Å². The Balaban J connectivity index is 2.26. The lowest BCUT2D eigenvalue weighted by Gasteiger charge is -2.22. The number of halogens is 2. The maximum absolute atomic E-state index is 5.98. The molecule has 2 heterocycles. The predicted molar refractivity (Wildman–Crippen MR) is 75.7 cm³/mol. The normalized spacial score (nSPS) is 10.4. The molecule has 0 atom stereocenters. The predicted octanol–water partition coefficient (Wildman–Crippen LogP) is 3.31. The number of hydrogen-bond acceptors (Lipinski definition) is 4. The standard InChI is InChI=1S/C12H12BrClN4/c1-2-18(7-9-5-3-4-6-15-9)12-10(13)11(14)16-8-17-12/h3-6,8H,2,7H2,1H3. The first-order valence-electron chi connectivity index (χ1n) is 5.53. The zero-order valence-electron chi connectivity index (χ0n) is 9.85. The van der Waals surface area contributed by atoms with Crippen LogP contribution in [0.1, 0.15) is 12.6 Å². The Morgan fingerprint density at radius 3 is 2.78 bits per heavy atom. The summed E-state index contributed by atoms with van der Waals surface area (Å²) < 4.78 is 0.712. The fourth-order valence-corrected chi connectivity index (χ4v) is 2.17. The van der Waals surface area contributed by atoms with Gasteiger partial charge >= 0.3 is 0 Å². The van der Waals surface area contributed by atoms with Gasteiger partial charge in [0.25, 0.3) is 0 Å². The Kier molecular flexibility index (Phi) is 4.49. The van der Waals surface area contributed by atoms with E-state index < -0.39 is 0 Å². The van der Waals surface area contributed by atoms with Crippen molar-refractivity contribution in [2.75, 3.05) is 11.4 Å². The number of aromatic nitrogens is 3. The first-order valence-corrected chi connectivity index (χ1v) is 6.70. The highest BCUT2D eigenvalue weighted by molar-refractivity contribution is 9.10. The third-order valence-corrected chi connectivity index (χ3v) is 3.73. The van der Waals surface area contributed by atoms with E-state index in [1.807, 2.05) is 18.2 Å². The van der Waals surface area contributed by atoms with E-state index in [4.69, 9.17) is 11.6 Å². The van der Waals surface area contributed by atoms with Gasteiger partial charge in [-0.05, 0) is 35.0 Å². The summed E-state index contributed by atoms with van der Waals surface area (Å²) in [6.07, 6.45) is 3.24. The van der Waals surface area contributed by atoms with E-state index in [-0.39, 0.29) is 0 Å². The Morgan fingerprint density at radius 1 is 1.28 bits per heavy atom. The fraction of sp³-hybridized carbons (Fsp3) is 0.250. The summed E-state index contributed by atoms with van der Waals surface area (Å²) in [5, 5.41) is 0.416. The van der Waals surface area contributed by atoms with Crippen LogP contribution in [0.3, 0.4) is 0 Å². The Labute approximate surface area is 119 Å². The molecule has 0 N–H and O–H groups in total. The molecule has 0 fully saturated rings. The molecule has 0 amide bonds. The first kappa shape index (κ1) is 13.2. The molecule has 94 valence electrons. The molecule has 0 spiro atoms. The third kappa shape index (κ3) is 2.97. The van der Waals surface area contributed by atoms with Gasteiger partial charge in [-0.1, -0.05) is 17.7 Å². The Bertz CT molecular complexity index is 521. The molecular formula is C12H12BrClN4. The maximum atomic E-state index is 5.98. The average molecular weight is 328 g/mol. The second-order valence-corrected chi connectivity index (χ2v) is 4.79. The summed E-state index contributed by atoms with van der Waals surface area (Å²) in [6.45, 7) is 3.55. The van der Waals surface area contributed by atoms with Gasteiger partial charge in [-0.25, -0.2) is 9.97 Å². The van der Waals surface area contributed by atoms with Crippen molar-refractivity contribution in [1.82, 2.24) is 15.0 Å². The molecule has 0 radical (unpaired) electrons. The fourth-order valence-electron chi connectivity index (χ4n) is 1.58. The topological polar surface area (TPSA) is 41.9 Å². The number of nitrogens with zero attached hydrogens (tertiary/aromatic N) is 4.